The van der Waals surface area contributed by atoms with Crippen LogP contribution in [0, 0.1) is 0 Å². The van der Waals surface area contributed by atoms with Gasteiger partial charge in [0.25, 0.3) is 0 Å². The molecule has 0 aliphatic rings. The third kappa shape index (κ3) is 6.27. The van der Waals surface area contributed by atoms with Crippen LogP contribution in [0.5, 0.6) is 5.75 Å². The smallest absolute Gasteiger partial charge is 0.230 e. The van der Waals surface area contributed by atoms with Gasteiger partial charge in [0.15, 0.2) is 11.0 Å². The molecule has 1 N–H and O–H groups in total. The van der Waals surface area contributed by atoms with E-state index in [0.717, 1.165) is 5.56 Å². The fraction of sp³-hybridized carbons (Fsp3) is 0.211. The number of nitrogens with zero attached hydrogens (tertiary/aromatic N) is 3. The van der Waals surface area contributed by atoms with Gasteiger partial charge < -0.3 is 14.6 Å². The highest BCUT2D eigenvalue weighted by Gasteiger charge is 2.13. The minimum absolute atomic E-state index is 0.101. The largest absolute Gasteiger partial charge is 0.484 e. The molecular formula is C19H17Cl3N4O2S. The van der Waals surface area contributed by atoms with Gasteiger partial charge in [0, 0.05) is 29.7 Å². The summed E-state index contributed by atoms with van der Waals surface area (Å²) in [5.74, 6) is 1.19. The van der Waals surface area contributed by atoms with Crippen molar-refractivity contribution in [2.24, 2.45) is 7.05 Å². The highest BCUT2D eigenvalue weighted by Crippen LogP contribution is 2.28. The average Bonchev–Trinajstić information content (AvgIpc) is 3.06. The first-order valence-electron chi connectivity index (χ1n) is 8.52. The maximum atomic E-state index is 12.1. The summed E-state index contributed by atoms with van der Waals surface area (Å²) < 4.78 is 7.46. The third-order valence-corrected chi connectivity index (χ3v) is 5.73. The van der Waals surface area contributed by atoms with Crippen molar-refractivity contribution in [3.63, 3.8) is 0 Å². The summed E-state index contributed by atoms with van der Waals surface area (Å²) in [5, 5.41) is 13.3. The Morgan fingerprint density at radius 3 is 2.59 bits per heavy atom. The van der Waals surface area contributed by atoms with Crippen molar-refractivity contribution >= 4 is 52.5 Å². The number of thioether (sulfide) groups is 1. The summed E-state index contributed by atoms with van der Waals surface area (Å²) >= 11 is 19.2. The quantitative estimate of drug-likeness (QED) is 0.480. The van der Waals surface area contributed by atoms with Crippen LogP contribution in [-0.4, -0.2) is 26.4 Å². The molecule has 10 heteroatoms. The van der Waals surface area contributed by atoms with E-state index in [9.17, 15) is 4.79 Å². The highest BCUT2D eigenvalue weighted by atomic mass is 35.5. The summed E-state index contributed by atoms with van der Waals surface area (Å²) in [4.78, 5) is 12.1. The second-order valence-corrected chi connectivity index (χ2v) is 8.24. The standard InChI is InChI=1S/C19H17Cl3N4O2S/c1-26-17(10-28-16-8-14(21)6-7-15(16)22)24-25-19(26)29-11-18(27)23-9-12-2-4-13(20)5-3-12/h2-8H,9-11H2,1H3,(H,23,27). The Bertz CT molecular complexity index is 996. The van der Waals surface area contributed by atoms with Gasteiger partial charge in [-0.3, -0.25) is 4.79 Å². The minimum atomic E-state index is -0.101. The summed E-state index contributed by atoms with van der Waals surface area (Å²) in [5.41, 5.74) is 0.977. The van der Waals surface area contributed by atoms with Gasteiger partial charge in [0.1, 0.15) is 12.4 Å². The van der Waals surface area contributed by atoms with Crippen molar-refractivity contribution in [1.82, 2.24) is 20.1 Å². The van der Waals surface area contributed by atoms with Gasteiger partial charge in [-0.25, -0.2) is 0 Å². The average molecular weight is 472 g/mol. The van der Waals surface area contributed by atoms with E-state index >= 15 is 0 Å². The molecule has 29 heavy (non-hydrogen) atoms. The number of nitrogens with one attached hydrogen (secondary N) is 1. The van der Waals surface area contributed by atoms with Crippen LogP contribution in [0.25, 0.3) is 0 Å². The molecule has 0 spiro atoms. The number of benzene rings is 2. The summed E-state index contributed by atoms with van der Waals surface area (Å²) in [6.07, 6.45) is 0. The maximum Gasteiger partial charge on any atom is 0.230 e. The molecule has 3 aromatic rings. The molecule has 0 saturated carbocycles. The van der Waals surface area contributed by atoms with Crippen LogP contribution in [0.2, 0.25) is 15.1 Å². The molecule has 152 valence electrons. The summed E-state index contributed by atoms with van der Waals surface area (Å²) in [6.45, 7) is 0.613. The lowest BCUT2D eigenvalue weighted by molar-refractivity contribution is -0.118. The molecule has 1 heterocycles. The topological polar surface area (TPSA) is 69.0 Å². The van der Waals surface area contributed by atoms with E-state index in [1.54, 1.807) is 34.9 Å². The predicted octanol–water partition coefficient (Wildman–Crippen LogP) is 4.76. The molecular weight excluding hydrogens is 455 g/mol. The van der Waals surface area contributed by atoms with Crippen molar-refractivity contribution in [1.29, 1.82) is 0 Å². The lowest BCUT2D eigenvalue weighted by atomic mass is 10.2. The number of aromatic nitrogens is 3. The van der Waals surface area contributed by atoms with Crippen LogP contribution >= 0.6 is 46.6 Å². The van der Waals surface area contributed by atoms with Crippen LogP contribution in [0.1, 0.15) is 11.4 Å². The van der Waals surface area contributed by atoms with Crippen LogP contribution in [-0.2, 0) is 25.0 Å². The van der Waals surface area contributed by atoms with Crippen molar-refractivity contribution in [3.05, 3.63) is 68.9 Å². The van der Waals surface area contributed by atoms with E-state index in [1.165, 1.54) is 11.8 Å². The number of halogens is 3. The van der Waals surface area contributed by atoms with E-state index in [0.29, 0.717) is 38.3 Å². The van der Waals surface area contributed by atoms with Gasteiger partial charge in [-0.2, -0.15) is 0 Å². The molecule has 0 unspecified atom stereocenters. The minimum Gasteiger partial charge on any atom is -0.484 e. The highest BCUT2D eigenvalue weighted by molar-refractivity contribution is 7.99. The zero-order valence-electron chi connectivity index (χ0n) is 15.4. The summed E-state index contributed by atoms with van der Waals surface area (Å²) in [7, 11) is 1.81. The second kappa shape index (κ2) is 10.2. The molecule has 2 aromatic carbocycles. The molecule has 0 aliphatic heterocycles. The molecule has 1 aromatic heterocycles. The number of amides is 1. The maximum absolute atomic E-state index is 12.1. The number of carbonyl (C=O) groups is 1. The van der Waals surface area contributed by atoms with E-state index in [2.05, 4.69) is 15.5 Å². The molecule has 0 bridgehead atoms. The fourth-order valence-corrected chi connectivity index (χ4v) is 3.53. The molecule has 3 rings (SSSR count). The monoisotopic (exact) mass is 470 g/mol. The molecule has 6 nitrogen and oxygen atoms in total. The number of ether oxygens (including phenoxy) is 1. The lowest BCUT2D eigenvalue weighted by Gasteiger charge is -2.08. The first-order valence-corrected chi connectivity index (χ1v) is 10.6. The predicted molar refractivity (Wildman–Crippen MR) is 116 cm³/mol. The summed E-state index contributed by atoms with van der Waals surface area (Å²) in [6, 6.07) is 12.3. The van der Waals surface area contributed by atoms with Crippen LogP contribution < -0.4 is 10.1 Å². The molecule has 0 saturated heterocycles. The van der Waals surface area contributed by atoms with Crippen molar-refractivity contribution in [2.45, 2.75) is 18.3 Å². The molecule has 0 radical (unpaired) electrons. The Hall–Kier alpha value is -1.93. The van der Waals surface area contributed by atoms with E-state index in [-0.39, 0.29) is 18.3 Å². The van der Waals surface area contributed by atoms with Gasteiger partial charge in [-0.1, -0.05) is 58.7 Å². The normalized spacial score (nSPS) is 10.8. The van der Waals surface area contributed by atoms with Gasteiger partial charge >= 0.3 is 0 Å². The van der Waals surface area contributed by atoms with Crippen molar-refractivity contribution in [3.8, 4) is 5.75 Å². The van der Waals surface area contributed by atoms with Gasteiger partial charge in [-0.15, -0.1) is 10.2 Å². The molecule has 0 aliphatic carbocycles. The first-order chi connectivity index (χ1) is 13.9. The Kier molecular flexibility index (Phi) is 7.66. The number of carbonyl (C=O) groups excluding carboxylic acids is 1. The van der Waals surface area contributed by atoms with Crippen LogP contribution in [0.15, 0.2) is 47.6 Å². The molecule has 0 fully saturated rings. The number of hydrogen-bond donors (Lipinski definition) is 1. The SMILES string of the molecule is Cn1c(COc2cc(Cl)ccc2Cl)nnc1SCC(=O)NCc1ccc(Cl)cc1. The lowest BCUT2D eigenvalue weighted by Crippen LogP contribution is -2.24. The Morgan fingerprint density at radius 2 is 1.83 bits per heavy atom. The van der Waals surface area contributed by atoms with Crippen molar-refractivity contribution < 1.29 is 9.53 Å². The zero-order chi connectivity index (χ0) is 20.8. The van der Waals surface area contributed by atoms with Crippen LogP contribution in [0.4, 0.5) is 0 Å². The molecule has 0 atom stereocenters. The number of rotatable bonds is 8. The zero-order valence-corrected chi connectivity index (χ0v) is 18.4. The van der Waals surface area contributed by atoms with E-state index in [1.807, 2.05) is 19.2 Å². The Balaban J connectivity index is 1.49. The van der Waals surface area contributed by atoms with Gasteiger partial charge in [0.05, 0.1) is 10.8 Å². The second-order valence-electron chi connectivity index (χ2n) is 6.01. The van der Waals surface area contributed by atoms with Gasteiger partial charge in [0.2, 0.25) is 5.91 Å². The van der Waals surface area contributed by atoms with Gasteiger partial charge in [-0.05, 0) is 29.8 Å². The van der Waals surface area contributed by atoms with Crippen molar-refractivity contribution in [2.75, 3.05) is 5.75 Å². The van der Waals surface area contributed by atoms with E-state index < -0.39 is 0 Å². The number of hydrogen-bond acceptors (Lipinski definition) is 5. The van der Waals surface area contributed by atoms with Crippen LogP contribution in [0.3, 0.4) is 0 Å². The Labute approximate surface area is 187 Å². The fourth-order valence-electron chi connectivity index (χ4n) is 2.31. The Morgan fingerprint density at radius 1 is 1.10 bits per heavy atom. The third-order valence-electron chi connectivity index (χ3n) is 3.91. The van der Waals surface area contributed by atoms with E-state index in [4.69, 9.17) is 39.5 Å². The molecule has 1 amide bonds. The first kappa shape index (κ1) is 21.8.